The van der Waals surface area contributed by atoms with Crippen molar-refractivity contribution in [2.75, 3.05) is 0 Å². The van der Waals surface area contributed by atoms with Gasteiger partial charge in [0, 0.05) is 11.1 Å². The Morgan fingerprint density at radius 3 is 2.05 bits per heavy atom. The molecule has 2 aromatic carbocycles. The summed E-state index contributed by atoms with van der Waals surface area (Å²) in [5.41, 5.74) is 1.68. The van der Waals surface area contributed by atoms with Crippen LogP contribution in [0.4, 0.5) is 0 Å². The molecule has 2 nitrogen and oxygen atoms in total. The summed E-state index contributed by atoms with van der Waals surface area (Å²) in [6.07, 6.45) is 0. The van der Waals surface area contributed by atoms with Crippen molar-refractivity contribution in [3.05, 3.63) is 94.3 Å². The van der Waals surface area contributed by atoms with Crippen molar-refractivity contribution < 1.29 is 4.42 Å². The fraction of sp³-hybridized carbons (Fsp3) is 0. The van der Waals surface area contributed by atoms with Crippen LogP contribution in [0.25, 0.3) is 11.3 Å². The quantitative estimate of drug-likeness (QED) is 0.632. The zero-order valence-corrected chi connectivity index (χ0v) is 11.2. The summed E-state index contributed by atoms with van der Waals surface area (Å²) in [7, 11) is 0. The first-order chi connectivity index (χ1) is 10.3. The van der Waals surface area contributed by atoms with E-state index in [1.165, 1.54) is 0 Å². The standard InChI is InChI=1S/C19H12O2/c20-19-17(12-11-15-7-3-1-4-8-15)13-14-18(21-19)16-9-5-2-6-10-16/h1-10,13-14H. The largest absolute Gasteiger partial charge is 0.422 e. The molecule has 0 saturated heterocycles. The van der Waals surface area contributed by atoms with E-state index in [-0.39, 0.29) is 0 Å². The molecule has 0 atom stereocenters. The van der Waals surface area contributed by atoms with E-state index in [0.29, 0.717) is 11.3 Å². The van der Waals surface area contributed by atoms with Gasteiger partial charge in [-0.3, -0.25) is 0 Å². The van der Waals surface area contributed by atoms with E-state index in [1.807, 2.05) is 60.7 Å². The van der Waals surface area contributed by atoms with Crippen LogP contribution in [0.2, 0.25) is 0 Å². The highest BCUT2D eigenvalue weighted by molar-refractivity contribution is 5.57. The van der Waals surface area contributed by atoms with Gasteiger partial charge in [0.1, 0.15) is 11.3 Å². The summed E-state index contributed by atoms with van der Waals surface area (Å²) in [6.45, 7) is 0. The summed E-state index contributed by atoms with van der Waals surface area (Å²) >= 11 is 0. The molecule has 21 heavy (non-hydrogen) atoms. The second-order valence-electron chi connectivity index (χ2n) is 4.48. The third kappa shape index (κ3) is 3.10. The second-order valence-corrected chi connectivity index (χ2v) is 4.48. The SMILES string of the molecule is O=c1oc(-c2ccccc2)ccc1C#Cc1ccccc1. The van der Waals surface area contributed by atoms with Gasteiger partial charge in [-0.25, -0.2) is 4.79 Å². The summed E-state index contributed by atoms with van der Waals surface area (Å²) in [5.74, 6) is 6.35. The lowest BCUT2D eigenvalue weighted by Crippen LogP contribution is -2.03. The van der Waals surface area contributed by atoms with Crippen molar-refractivity contribution >= 4 is 0 Å². The van der Waals surface area contributed by atoms with E-state index in [9.17, 15) is 4.79 Å². The van der Waals surface area contributed by atoms with Crippen LogP contribution in [0, 0.1) is 11.8 Å². The minimum absolute atomic E-state index is 0.360. The maximum absolute atomic E-state index is 12.0. The van der Waals surface area contributed by atoms with Crippen LogP contribution in [0.5, 0.6) is 0 Å². The summed E-state index contributed by atoms with van der Waals surface area (Å²) in [6, 6.07) is 22.5. The van der Waals surface area contributed by atoms with Crippen LogP contribution in [-0.4, -0.2) is 0 Å². The molecular formula is C19H12O2. The molecule has 0 N–H and O–H groups in total. The topological polar surface area (TPSA) is 30.2 Å². The van der Waals surface area contributed by atoms with Crippen LogP contribution < -0.4 is 5.63 Å². The molecule has 0 fully saturated rings. The zero-order valence-electron chi connectivity index (χ0n) is 11.2. The maximum Gasteiger partial charge on any atom is 0.352 e. The second kappa shape index (κ2) is 5.94. The average Bonchev–Trinajstić information content (AvgIpc) is 2.55. The van der Waals surface area contributed by atoms with Gasteiger partial charge < -0.3 is 4.42 Å². The smallest absolute Gasteiger partial charge is 0.352 e. The van der Waals surface area contributed by atoms with Gasteiger partial charge in [-0.2, -0.15) is 0 Å². The van der Waals surface area contributed by atoms with Gasteiger partial charge in [0.2, 0.25) is 0 Å². The lowest BCUT2D eigenvalue weighted by Gasteiger charge is -1.99. The van der Waals surface area contributed by atoms with E-state index in [4.69, 9.17) is 4.42 Å². The molecule has 100 valence electrons. The molecule has 0 saturated carbocycles. The summed E-state index contributed by atoms with van der Waals surface area (Å²) in [4.78, 5) is 12.0. The van der Waals surface area contributed by atoms with Gasteiger partial charge >= 0.3 is 5.63 Å². The Balaban J connectivity index is 1.93. The summed E-state index contributed by atoms with van der Waals surface area (Å²) in [5, 5.41) is 0. The Labute approximate surface area is 122 Å². The van der Waals surface area contributed by atoms with Crippen molar-refractivity contribution in [2.24, 2.45) is 0 Å². The van der Waals surface area contributed by atoms with Crippen LogP contribution in [-0.2, 0) is 0 Å². The number of benzene rings is 2. The molecule has 3 rings (SSSR count). The number of hydrogen-bond acceptors (Lipinski definition) is 2. The number of rotatable bonds is 1. The normalized spacial score (nSPS) is 9.71. The monoisotopic (exact) mass is 272 g/mol. The van der Waals surface area contributed by atoms with Gasteiger partial charge in [0.05, 0.1) is 0 Å². The molecule has 0 amide bonds. The Morgan fingerprint density at radius 2 is 1.38 bits per heavy atom. The number of hydrogen-bond donors (Lipinski definition) is 0. The molecule has 0 radical (unpaired) electrons. The summed E-state index contributed by atoms with van der Waals surface area (Å²) < 4.78 is 5.32. The average molecular weight is 272 g/mol. The Bertz CT molecular complexity index is 851. The molecule has 0 aliphatic heterocycles. The van der Waals surface area contributed by atoms with E-state index in [1.54, 1.807) is 12.1 Å². The molecular weight excluding hydrogens is 260 g/mol. The highest BCUT2D eigenvalue weighted by Crippen LogP contribution is 2.16. The van der Waals surface area contributed by atoms with Crippen LogP contribution in [0.1, 0.15) is 11.1 Å². The van der Waals surface area contributed by atoms with Gasteiger partial charge in [-0.15, -0.1) is 0 Å². The van der Waals surface area contributed by atoms with Gasteiger partial charge in [0.25, 0.3) is 0 Å². The first kappa shape index (κ1) is 13.0. The van der Waals surface area contributed by atoms with E-state index >= 15 is 0 Å². The Hall–Kier alpha value is -3.05. The van der Waals surface area contributed by atoms with Crippen LogP contribution >= 0.6 is 0 Å². The first-order valence-electron chi connectivity index (χ1n) is 6.59. The van der Waals surface area contributed by atoms with E-state index < -0.39 is 5.63 Å². The molecule has 3 aromatic rings. The van der Waals surface area contributed by atoms with Gasteiger partial charge in [-0.1, -0.05) is 60.4 Å². The van der Waals surface area contributed by atoms with Gasteiger partial charge in [-0.05, 0) is 24.3 Å². The molecule has 0 aliphatic carbocycles. The van der Waals surface area contributed by atoms with Gasteiger partial charge in [0.15, 0.2) is 0 Å². The zero-order chi connectivity index (χ0) is 14.5. The Kier molecular flexibility index (Phi) is 3.66. The molecule has 1 heterocycles. The molecule has 1 aromatic heterocycles. The van der Waals surface area contributed by atoms with Crippen molar-refractivity contribution in [3.8, 4) is 23.2 Å². The van der Waals surface area contributed by atoms with Crippen molar-refractivity contribution in [1.29, 1.82) is 0 Å². The van der Waals surface area contributed by atoms with Crippen molar-refractivity contribution in [1.82, 2.24) is 0 Å². The van der Waals surface area contributed by atoms with E-state index in [2.05, 4.69) is 11.8 Å². The predicted molar refractivity (Wildman–Crippen MR) is 82.8 cm³/mol. The minimum Gasteiger partial charge on any atom is -0.422 e. The minimum atomic E-state index is -0.417. The molecule has 0 aliphatic rings. The van der Waals surface area contributed by atoms with Crippen LogP contribution in [0.15, 0.2) is 82.0 Å². The maximum atomic E-state index is 12.0. The molecule has 0 spiro atoms. The third-order valence-electron chi connectivity index (χ3n) is 3.00. The highest BCUT2D eigenvalue weighted by Gasteiger charge is 2.03. The fourth-order valence-electron chi connectivity index (χ4n) is 1.93. The predicted octanol–water partition coefficient (Wildman–Crippen LogP) is 3.71. The van der Waals surface area contributed by atoms with Crippen molar-refractivity contribution in [2.45, 2.75) is 0 Å². The first-order valence-corrected chi connectivity index (χ1v) is 6.59. The molecule has 2 heteroatoms. The third-order valence-corrected chi connectivity index (χ3v) is 3.00. The molecule has 0 unspecified atom stereocenters. The highest BCUT2D eigenvalue weighted by atomic mass is 16.4. The van der Waals surface area contributed by atoms with Crippen LogP contribution in [0.3, 0.4) is 0 Å². The Morgan fingerprint density at radius 1 is 0.714 bits per heavy atom. The van der Waals surface area contributed by atoms with Crippen molar-refractivity contribution in [3.63, 3.8) is 0 Å². The lowest BCUT2D eigenvalue weighted by molar-refractivity contribution is 0.524. The lowest BCUT2D eigenvalue weighted by atomic mass is 10.1. The fourth-order valence-corrected chi connectivity index (χ4v) is 1.93. The molecule has 0 bridgehead atoms. The van der Waals surface area contributed by atoms with E-state index in [0.717, 1.165) is 11.1 Å².